The minimum Gasteiger partial charge on any atom is -0.478 e. The second kappa shape index (κ2) is 11.2. The quantitative estimate of drug-likeness (QED) is 0.300. The van der Waals surface area contributed by atoms with E-state index in [0.717, 1.165) is 11.1 Å². The summed E-state index contributed by atoms with van der Waals surface area (Å²) in [6.07, 6.45) is 0.844. The van der Waals surface area contributed by atoms with E-state index in [4.69, 9.17) is 4.74 Å². The van der Waals surface area contributed by atoms with E-state index in [2.05, 4.69) is 50.8 Å². The number of ether oxygens (including phenoxy) is 1. The average Bonchev–Trinajstić information content (AvgIpc) is 3.17. The largest absolute Gasteiger partial charge is 0.478 e. The maximum Gasteiger partial charge on any atom is 0.407 e. The van der Waals surface area contributed by atoms with E-state index in [1.165, 1.54) is 17.2 Å². The predicted molar refractivity (Wildman–Crippen MR) is 137 cm³/mol. The molecular formula is C27H25BrN2O5. The predicted octanol–water partition coefficient (Wildman–Crippen LogP) is 5.79. The normalized spacial score (nSPS) is 11.9. The topological polar surface area (TPSA) is 105 Å². The van der Waals surface area contributed by atoms with Crippen molar-refractivity contribution in [3.8, 4) is 11.1 Å². The minimum absolute atomic E-state index is 0.00569. The number of carbonyl (C=O) groups excluding carboxylic acids is 2. The third kappa shape index (κ3) is 5.89. The van der Waals surface area contributed by atoms with Crippen LogP contribution in [0.5, 0.6) is 0 Å². The number of carbonyl (C=O) groups is 3. The van der Waals surface area contributed by atoms with Crippen molar-refractivity contribution in [3.63, 3.8) is 0 Å². The second-order valence-electron chi connectivity index (χ2n) is 8.25. The van der Waals surface area contributed by atoms with Gasteiger partial charge in [-0.15, -0.1) is 0 Å². The lowest BCUT2D eigenvalue weighted by atomic mass is 9.98. The summed E-state index contributed by atoms with van der Waals surface area (Å²) in [5.41, 5.74) is 4.93. The van der Waals surface area contributed by atoms with Crippen LogP contribution in [0.4, 0.5) is 10.5 Å². The first-order valence-corrected chi connectivity index (χ1v) is 12.1. The lowest BCUT2D eigenvalue weighted by Gasteiger charge is -2.14. The van der Waals surface area contributed by atoms with Gasteiger partial charge in [-0.2, -0.15) is 0 Å². The van der Waals surface area contributed by atoms with Gasteiger partial charge in [-0.1, -0.05) is 64.5 Å². The molecule has 0 atom stereocenters. The highest BCUT2D eigenvalue weighted by molar-refractivity contribution is 9.10. The van der Waals surface area contributed by atoms with Gasteiger partial charge in [0, 0.05) is 23.4 Å². The summed E-state index contributed by atoms with van der Waals surface area (Å²) in [5.74, 6) is -1.39. The molecule has 0 aliphatic heterocycles. The maximum absolute atomic E-state index is 12.2. The Kier molecular flexibility index (Phi) is 7.82. The monoisotopic (exact) mass is 536 g/mol. The number of unbranched alkanes of at least 4 members (excludes halogenated alkanes) is 1. The molecule has 3 aromatic carbocycles. The molecule has 1 aliphatic carbocycles. The number of aromatic carboxylic acids is 1. The van der Waals surface area contributed by atoms with E-state index in [9.17, 15) is 19.5 Å². The molecule has 0 unspecified atom stereocenters. The third-order valence-electron chi connectivity index (χ3n) is 5.93. The third-order valence-corrected chi connectivity index (χ3v) is 6.42. The number of nitrogens with one attached hydrogen (secondary N) is 2. The number of anilines is 1. The van der Waals surface area contributed by atoms with Crippen molar-refractivity contribution in [1.29, 1.82) is 0 Å². The molecule has 4 rings (SSSR count). The van der Waals surface area contributed by atoms with Crippen molar-refractivity contribution in [1.82, 2.24) is 5.32 Å². The average molecular weight is 537 g/mol. The van der Waals surface area contributed by atoms with Gasteiger partial charge in [0.05, 0.1) is 11.3 Å². The van der Waals surface area contributed by atoms with E-state index in [0.29, 0.717) is 23.9 Å². The number of hydrogen-bond donors (Lipinski definition) is 3. The number of rotatable bonds is 9. The molecule has 0 heterocycles. The molecule has 0 spiro atoms. The summed E-state index contributed by atoms with van der Waals surface area (Å²) in [6.45, 7) is 0.629. The number of halogens is 1. The van der Waals surface area contributed by atoms with Gasteiger partial charge in [-0.25, -0.2) is 9.59 Å². The highest BCUT2D eigenvalue weighted by Crippen LogP contribution is 2.44. The van der Waals surface area contributed by atoms with E-state index >= 15 is 0 Å². The van der Waals surface area contributed by atoms with Gasteiger partial charge in [0.25, 0.3) is 0 Å². The van der Waals surface area contributed by atoms with Crippen molar-refractivity contribution in [2.24, 2.45) is 0 Å². The van der Waals surface area contributed by atoms with Gasteiger partial charge in [-0.3, -0.25) is 4.79 Å². The number of carboxylic acid groups (broad SMARTS) is 1. The van der Waals surface area contributed by atoms with Crippen molar-refractivity contribution in [2.45, 2.75) is 25.2 Å². The van der Waals surface area contributed by atoms with Gasteiger partial charge < -0.3 is 20.5 Å². The molecule has 3 aromatic rings. The number of alkyl carbamates (subject to hydrolysis) is 1. The Morgan fingerprint density at radius 2 is 1.57 bits per heavy atom. The van der Waals surface area contributed by atoms with E-state index in [1.807, 2.05) is 24.3 Å². The molecule has 1 aliphatic rings. The smallest absolute Gasteiger partial charge is 0.407 e. The van der Waals surface area contributed by atoms with Crippen LogP contribution in [0.25, 0.3) is 11.1 Å². The number of amides is 2. The Morgan fingerprint density at radius 3 is 2.23 bits per heavy atom. The highest BCUT2D eigenvalue weighted by Gasteiger charge is 2.28. The van der Waals surface area contributed by atoms with Gasteiger partial charge in [0.1, 0.15) is 6.61 Å². The lowest BCUT2D eigenvalue weighted by Crippen LogP contribution is -2.27. The molecule has 3 N–H and O–H groups in total. The van der Waals surface area contributed by atoms with Gasteiger partial charge in [-0.05, 0) is 53.3 Å². The zero-order valence-electron chi connectivity index (χ0n) is 18.9. The zero-order valence-corrected chi connectivity index (χ0v) is 20.5. The second-order valence-corrected chi connectivity index (χ2v) is 9.17. The molecular weight excluding hydrogens is 512 g/mol. The first-order valence-electron chi connectivity index (χ1n) is 11.4. The summed E-state index contributed by atoms with van der Waals surface area (Å²) in [6, 6.07) is 21.0. The summed E-state index contributed by atoms with van der Waals surface area (Å²) in [7, 11) is 0. The first kappa shape index (κ1) is 24.5. The van der Waals surface area contributed by atoms with Crippen LogP contribution in [0.1, 0.15) is 46.7 Å². The van der Waals surface area contributed by atoms with Crippen LogP contribution in [0.2, 0.25) is 0 Å². The fraction of sp³-hybridized carbons (Fsp3) is 0.222. The van der Waals surface area contributed by atoms with Crippen LogP contribution >= 0.6 is 15.9 Å². The van der Waals surface area contributed by atoms with Crippen molar-refractivity contribution < 1.29 is 24.2 Å². The van der Waals surface area contributed by atoms with Crippen LogP contribution < -0.4 is 10.6 Å². The molecule has 0 saturated heterocycles. The summed E-state index contributed by atoms with van der Waals surface area (Å²) in [4.78, 5) is 35.8. The maximum atomic E-state index is 12.2. The number of benzene rings is 3. The molecule has 0 bridgehead atoms. The molecule has 0 aromatic heterocycles. The Balaban J connectivity index is 1.19. The van der Waals surface area contributed by atoms with Gasteiger partial charge in [0.15, 0.2) is 0 Å². The van der Waals surface area contributed by atoms with Gasteiger partial charge >= 0.3 is 12.1 Å². The molecule has 0 radical (unpaired) electrons. The molecule has 0 fully saturated rings. The van der Waals surface area contributed by atoms with Crippen LogP contribution in [-0.2, 0) is 9.53 Å². The summed E-state index contributed by atoms with van der Waals surface area (Å²) < 4.78 is 6.12. The molecule has 8 heteroatoms. The van der Waals surface area contributed by atoms with Crippen molar-refractivity contribution in [2.75, 3.05) is 18.5 Å². The zero-order chi connectivity index (χ0) is 24.8. The summed E-state index contributed by atoms with van der Waals surface area (Å²) >= 11 is 3.23. The Labute approximate surface area is 211 Å². The number of fused-ring (bicyclic) bond motifs is 3. The molecule has 0 saturated carbocycles. The SMILES string of the molecule is O=C(CCCCNC(=O)OCC1c2ccccc2-c2ccccc21)Nc1ccc(Br)cc1C(=O)O. The number of carboxylic acids is 1. The Hall–Kier alpha value is -3.65. The first-order chi connectivity index (χ1) is 16.9. The molecule has 2 amide bonds. The van der Waals surface area contributed by atoms with Crippen LogP contribution in [0.15, 0.2) is 71.2 Å². The van der Waals surface area contributed by atoms with Crippen molar-refractivity contribution >= 4 is 39.6 Å². The van der Waals surface area contributed by atoms with Gasteiger partial charge in [0.2, 0.25) is 5.91 Å². The molecule has 7 nitrogen and oxygen atoms in total. The standard InChI is InChI=1S/C27H25BrN2O5/c28-17-12-13-24(22(15-17)26(32)33)30-25(31)11-5-6-14-29-27(34)35-16-23-20-9-3-1-7-18(20)19-8-2-4-10-21(19)23/h1-4,7-10,12-13,15,23H,5-6,11,14,16H2,(H,29,34)(H,30,31)(H,32,33). The van der Waals surface area contributed by atoms with E-state index in [-0.39, 0.29) is 36.1 Å². The van der Waals surface area contributed by atoms with Crippen LogP contribution in [0, 0.1) is 0 Å². The Morgan fingerprint density at radius 1 is 0.914 bits per heavy atom. The van der Waals surface area contributed by atoms with Crippen molar-refractivity contribution in [3.05, 3.63) is 87.9 Å². The summed E-state index contributed by atoms with van der Waals surface area (Å²) in [5, 5.41) is 14.7. The lowest BCUT2D eigenvalue weighted by molar-refractivity contribution is -0.116. The van der Waals surface area contributed by atoms with Crippen LogP contribution in [0.3, 0.4) is 0 Å². The minimum atomic E-state index is -1.12. The highest BCUT2D eigenvalue weighted by atomic mass is 79.9. The molecule has 180 valence electrons. The number of hydrogen-bond acceptors (Lipinski definition) is 4. The van der Waals surface area contributed by atoms with Crippen LogP contribution in [-0.4, -0.2) is 36.2 Å². The fourth-order valence-corrected chi connectivity index (χ4v) is 4.63. The molecule has 35 heavy (non-hydrogen) atoms. The fourth-order valence-electron chi connectivity index (χ4n) is 4.27. The van der Waals surface area contributed by atoms with E-state index < -0.39 is 12.1 Å². The Bertz CT molecular complexity index is 1210. The van der Waals surface area contributed by atoms with E-state index in [1.54, 1.807) is 12.1 Å².